The van der Waals surface area contributed by atoms with Gasteiger partial charge in [-0.25, -0.2) is 8.42 Å². The topological polar surface area (TPSA) is 64.6 Å². The molecule has 0 aliphatic rings. The van der Waals surface area contributed by atoms with Gasteiger partial charge in [0.2, 0.25) is 10.0 Å². The first-order chi connectivity index (χ1) is 12.0. The summed E-state index contributed by atoms with van der Waals surface area (Å²) < 4.78 is 37.4. The highest BCUT2D eigenvalue weighted by atomic mass is 35.5. The number of hydrogen-bond donors (Lipinski definition) is 1. The molecule has 0 aliphatic carbocycles. The zero-order valence-electron chi connectivity index (χ0n) is 13.7. The first-order valence-corrected chi connectivity index (χ1v) is 9.44. The van der Waals surface area contributed by atoms with Crippen LogP contribution in [0.15, 0.2) is 53.4 Å². The first-order valence-electron chi connectivity index (χ1n) is 7.58. The Kier molecular flexibility index (Phi) is 7.14. The van der Waals surface area contributed by atoms with Crippen molar-refractivity contribution in [1.82, 2.24) is 4.72 Å². The lowest BCUT2D eigenvalue weighted by molar-refractivity contribution is 0.340. The molecular formula is C18H18ClNO4S. The molecule has 0 radical (unpaired) electrons. The molecule has 0 saturated carbocycles. The third-order valence-corrected chi connectivity index (χ3v) is 4.79. The second-order valence-electron chi connectivity index (χ2n) is 4.80. The van der Waals surface area contributed by atoms with Gasteiger partial charge in [-0.2, -0.15) is 4.72 Å². The Morgan fingerprint density at radius 2 is 1.76 bits per heavy atom. The van der Waals surface area contributed by atoms with E-state index in [1.807, 2.05) is 6.92 Å². The fourth-order valence-electron chi connectivity index (χ4n) is 1.89. The van der Waals surface area contributed by atoms with Gasteiger partial charge < -0.3 is 9.47 Å². The maximum absolute atomic E-state index is 12.1. The van der Waals surface area contributed by atoms with Crippen LogP contribution in [0.1, 0.15) is 6.92 Å². The van der Waals surface area contributed by atoms with Crippen LogP contribution < -0.4 is 14.2 Å². The maximum Gasteiger partial charge on any atom is 0.241 e. The minimum absolute atomic E-state index is 0.0125. The Morgan fingerprint density at radius 3 is 2.44 bits per heavy atom. The number of nitrogens with one attached hydrogen (secondary N) is 1. The fraction of sp³-hybridized carbons (Fsp3) is 0.222. The molecule has 0 fully saturated rings. The van der Waals surface area contributed by atoms with Crippen molar-refractivity contribution >= 4 is 21.6 Å². The van der Waals surface area contributed by atoms with E-state index in [1.165, 1.54) is 12.1 Å². The highest BCUT2D eigenvalue weighted by Gasteiger charge is 2.12. The molecule has 0 aromatic heterocycles. The Morgan fingerprint density at radius 1 is 1.04 bits per heavy atom. The molecule has 0 bridgehead atoms. The quantitative estimate of drug-likeness (QED) is 0.751. The molecule has 132 valence electrons. The van der Waals surface area contributed by atoms with E-state index in [2.05, 4.69) is 16.6 Å². The van der Waals surface area contributed by atoms with E-state index in [1.54, 1.807) is 36.4 Å². The lowest BCUT2D eigenvalue weighted by atomic mass is 10.3. The molecule has 2 aromatic rings. The Balaban J connectivity index is 1.83. The molecule has 0 amide bonds. The second kappa shape index (κ2) is 9.33. The van der Waals surface area contributed by atoms with Crippen molar-refractivity contribution in [2.45, 2.75) is 11.8 Å². The Labute approximate surface area is 153 Å². The molecule has 5 nitrogen and oxygen atoms in total. The summed E-state index contributed by atoms with van der Waals surface area (Å²) >= 11 is 5.95. The molecule has 0 unspecified atom stereocenters. The van der Waals surface area contributed by atoms with Crippen molar-refractivity contribution in [2.24, 2.45) is 0 Å². The lowest BCUT2D eigenvalue weighted by Crippen LogP contribution is -2.24. The van der Waals surface area contributed by atoms with Gasteiger partial charge in [-0.15, -0.1) is 0 Å². The number of halogens is 1. The molecular weight excluding hydrogens is 362 g/mol. The summed E-state index contributed by atoms with van der Waals surface area (Å²) in [7, 11) is -3.61. The molecule has 0 spiro atoms. The average molecular weight is 380 g/mol. The van der Waals surface area contributed by atoms with Gasteiger partial charge in [0.05, 0.1) is 23.1 Å². The van der Waals surface area contributed by atoms with Gasteiger partial charge in [0, 0.05) is 0 Å². The number of sulfonamides is 1. The van der Waals surface area contributed by atoms with Gasteiger partial charge >= 0.3 is 0 Å². The van der Waals surface area contributed by atoms with Crippen LogP contribution in [-0.4, -0.2) is 28.2 Å². The van der Waals surface area contributed by atoms with Crippen LogP contribution in [0.3, 0.4) is 0 Å². The number of ether oxygens (including phenoxy) is 2. The smallest absolute Gasteiger partial charge is 0.241 e. The fourth-order valence-corrected chi connectivity index (χ4v) is 3.00. The molecule has 0 saturated heterocycles. The zero-order valence-corrected chi connectivity index (χ0v) is 15.2. The van der Waals surface area contributed by atoms with E-state index in [9.17, 15) is 8.42 Å². The summed E-state index contributed by atoms with van der Waals surface area (Å²) in [6.45, 7) is 2.49. The number of hydrogen-bond acceptors (Lipinski definition) is 4. The van der Waals surface area contributed by atoms with Crippen molar-refractivity contribution in [3.8, 4) is 23.3 Å². The molecule has 2 rings (SSSR count). The van der Waals surface area contributed by atoms with Crippen LogP contribution in [-0.2, 0) is 10.0 Å². The minimum atomic E-state index is -3.61. The summed E-state index contributed by atoms with van der Waals surface area (Å²) in [6, 6.07) is 13.3. The van der Waals surface area contributed by atoms with Gasteiger partial charge in [-0.05, 0) is 43.3 Å². The van der Waals surface area contributed by atoms with E-state index in [-0.39, 0.29) is 18.0 Å². The summed E-state index contributed by atoms with van der Waals surface area (Å²) in [5, 5.41) is 0.500. The third-order valence-electron chi connectivity index (χ3n) is 3.06. The van der Waals surface area contributed by atoms with Crippen LogP contribution in [0, 0.1) is 11.8 Å². The van der Waals surface area contributed by atoms with Gasteiger partial charge in [0.15, 0.2) is 0 Å². The lowest BCUT2D eigenvalue weighted by Gasteiger charge is -2.06. The normalized spacial score (nSPS) is 10.6. The number of benzene rings is 2. The molecule has 2 aromatic carbocycles. The molecule has 0 atom stereocenters. The molecule has 25 heavy (non-hydrogen) atoms. The predicted molar refractivity (Wildman–Crippen MR) is 97.5 cm³/mol. The van der Waals surface area contributed by atoms with E-state index in [0.717, 1.165) is 0 Å². The maximum atomic E-state index is 12.1. The largest absolute Gasteiger partial charge is 0.494 e. The van der Waals surface area contributed by atoms with Crippen molar-refractivity contribution in [1.29, 1.82) is 0 Å². The number of para-hydroxylation sites is 1. The van der Waals surface area contributed by atoms with Gasteiger partial charge in [-0.3, -0.25) is 0 Å². The van der Waals surface area contributed by atoms with Crippen molar-refractivity contribution in [3.63, 3.8) is 0 Å². The SMILES string of the molecule is CCOc1ccc(S(=O)(=O)NCC#CCOc2ccccc2Cl)cc1. The van der Waals surface area contributed by atoms with Crippen molar-refractivity contribution in [2.75, 3.05) is 19.8 Å². The van der Waals surface area contributed by atoms with Crippen LogP contribution in [0.4, 0.5) is 0 Å². The van der Waals surface area contributed by atoms with Crippen LogP contribution in [0.2, 0.25) is 5.02 Å². The molecule has 7 heteroatoms. The van der Waals surface area contributed by atoms with E-state index in [4.69, 9.17) is 21.1 Å². The summed E-state index contributed by atoms with van der Waals surface area (Å²) in [5.41, 5.74) is 0. The minimum Gasteiger partial charge on any atom is -0.494 e. The Bertz CT molecular complexity index is 855. The molecule has 0 heterocycles. The summed E-state index contributed by atoms with van der Waals surface area (Å²) in [4.78, 5) is 0.157. The predicted octanol–water partition coefficient (Wildman–Crippen LogP) is 3.10. The van der Waals surface area contributed by atoms with Gasteiger partial charge in [-0.1, -0.05) is 35.6 Å². The summed E-state index contributed by atoms with van der Waals surface area (Å²) in [6.07, 6.45) is 0. The first kappa shape index (κ1) is 19.1. The average Bonchev–Trinajstić information content (AvgIpc) is 2.60. The third kappa shape index (κ3) is 5.98. The molecule has 1 N–H and O–H groups in total. The van der Waals surface area contributed by atoms with E-state index < -0.39 is 10.0 Å². The van der Waals surface area contributed by atoms with Gasteiger partial charge in [0.1, 0.15) is 18.1 Å². The van der Waals surface area contributed by atoms with Crippen molar-refractivity contribution in [3.05, 3.63) is 53.6 Å². The van der Waals surface area contributed by atoms with Crippen LogP contribution in [0.5, 0.6) is 11.5 Å². The second-order valence-corrected chi connectivity index (χ2v) is 6.98. The standard InChI is InChI=1S/C18H18ClNO4S/c1-2-23-15-9-11-16(12-10-15)25(21,22)20-13-5-6-14-24-18-8-4-3-7-17(18)19/h3-4,7-12,20H,2,13-14H2,1H3. The van der Waals surface area contributed by atoms with Crippen molar-refractivity contribution < 1.29 is 17.9 Å². The monoisotopic (exact) mass is 379 g/mol. The highest BCUT2D eigenvalue weighted by Crippen LogP contribution is 2.22. The Hall–Kier alpha value is -2.20. The van der Waals surface area contributed by atoms with Crippen LogP contribution >= 0.6 is 11.6 Å². The highest BCUT2D eigenvalue weighted by molar-refractivity contribution is 7.89. The van der Waals surface area contributed by atoms with Gasteiger partial charge in [0.25, 0.3) is 0 Å². The summed E-state index contributed by atoms with van der Waals surface area (Å²) in [5.74, 6) is 6.59. The van der Waals surface area contributed by atoms with E-state index >= 15 is 0 Å². The van der Waals surface area contributed by atoms with E-state index in [0.29, 0.717) is 23.1 Å². The zero-order chi connectivity index (χ0) is 18.1. The number of rotatable bonds is 7. The van der Waals surface area contributed by atoms with Crippen LogP contribution in [0.25, 0.3) is 0 Å². The molecule has 0 aliphatic heterocycles.